The van der Waals surface area contributed by atoms with E-state index in [2.05, 4.69) is 4.98 Å². The second kappa shape index (κ2) is 14.9. The van der Waals surface area contributed by atoms with Gasteiger partial charge in [0.2, 0.25) is 5.91 Å². The van der Waals surface area contributed by atoms with Crippen LogP contribution in [0.5, 0.6) is 0 Å². The second-order valence-corrected chi connectivity index (χ2v) is 14.3. The number of carbonyl (C=O) groups excluding carboxylic acids is 2. The first-order chi connectivity index (χ1) is 22.8. The molecule has 4 rings (SSSR count). The maximum Gasteiger partial charge on any atom is 0.413 e. The Bertz CT molecular complexity index is 1700. The molecule has 0 aliphatic carbocycles. The van der Waals surface area contributed by atoms with Gasteiger partial charge in [0.15, 0.2) is 16.9 Å². The van der Waals surface area contributed by atoms with Crippen molar-refractivity contribution in [1.82, 2.24) is 14.2 Å². The smallest absolute Gasteiger partial charge is 0.382 e. The Labute approximate surface area is 279 Å². The lowest BCUT2D eigenvalue weighted by atomic mass is 9.93. The van der Waals surface area contributed by atoms with E-state index in [0.717, 1.165) is 30.3 Å². The number of amides is 1. The maximum absolute atomic E-state index is 15.1. The van der Waals surface area contributed by atoms with E-state index < -0.39 is 82.7 Å². The molecule has 0 radical (unpaired) electrons. The monoisotopic (exact) mass is 714 g/mol. The Kier molecular flexibility index (Phi) is 11.6. The number of carbonyl (C=O) groups is 2. The van der Waals surface area contributed by atoms with Gasteiger partial charge in [-0.05, 0) is 61.1 Å². The van der Waals surface area contributed by atoms with E-state index in [4.69, 9.17) is 5.73 Å². The molecule has 1 fully saturated rings. The minimum absolute atomic E-state index is 0.0612. The van der Waals surface area contributed by atoms with Crippen molar-refractivity contribution in [2.45, 2.75) is 80.6 Å². The van der Waals surface area contributed by atoms with Gasteiger partial charge in [0, 0.05) is 19.2 Å². The molecule has 9 nitrogen and oxygen atoms in total. The van der Waals surface area contributed by atoms with Crippen molar-refractivity contribution in [3.63, 3.8) is 0 Å². The molecule has 2 unspecified atom stereocenters. The van der Waals surface area contributed by atoms with Gasteiger partial charge in [0.1, 0.15) is 11.8 Å². The number of nitrogens with zero attached hydrogens (tertiary/aromatic N) is 3. The van der Waals surface area contributed by atoms with Crippen LogP contribution < -0.4 is 5.73 Å². The first-order valence-electron chi connectivity index (χ1n) is 15.2. The highest BCUT2D eigenvalue weighted by molar-refractivity contribution is 7.89. The number of nitrogens with two attached hydrogens (primary N) is 1. The van der Waals surface area contributed by atoms with Crippen molar-refractivity contribution in [3.8, 4) is 11.1 Å². The number of alkyl halides is 6. The minimum Gasteiger partial charge on any atom is -0.382 e. The van der Waals surface area contributed by atoms with Crippen LogP contribution in [0.15, 0.2) is 78.0 Å². The molecule has 16 heteroatoms. The minimum atomic E-state index is -5.18. The Hall–Kier alpha value is -3.86. The van der Waals surface area contributed by atoms with E-state index in [1.54, 1.807) is 0 Å². The second-order valence-electron chi connectivity index (χ2n) is 12.4. The maximum atomic E-state index is 15.1. The fraction of sp³-hybridized carbons (Fsp3) is 0.424. The fourth-order valence-electron chi connectivity index (χ4n) is 5.76. The van der Waals surface area contributed by atoms with Crippen LogP contribution in [0.2, 0.25) is 0 Å². The summed E-state index contributed by atoms with van der Waals surface area (Å²) in [6.45, 7) is 1.10. The topological polar surface area (TPSA) is 134 Å². The summed E-state index contributed by atoms with van der Waals surface area (Å²) in [5.74, 6) is -2.33. The van der Waals surface area contributed by atoms with Crippen molar-refractivity contribution in [3.05, 3.63) is 84.1 Å². The molecular formula is C33H36F6N4O5S. The van der Waals surface area contributed by atoms with Crippen LogP contribution in [0.25, 0.3) is 11.1 Å². The normalized spacial score (nSPS) is 18.5. The standard InChI is InChI=1S/C33H36F6N4O5S/c1-32(2,36)18-24(40)31(46)43(25-6-5-17-42(19-26(25)44)49(47,48)27-7-3-4-16-41-27)29(33(37,38)39)23-14-10-21(11-15-23)20-8-12-22(13-9-20)28(45)30(34)35/h3-4,7-16,24-25,28-30,45H,5-6,17-19,40H2,1-2H3/t24-,25?,28?,29-/m0/s1. The van der Waals surface area contributed by atoms with E-state index in [-0.39, 0.29) is 30.0 Å². The number of halogens is 6. The lowest BCUT2D eigenvalue weighted by Gasteiger charge is -2.40. The van der Waals surface area contributed by atoms with Gasteiger partial charge in [0.25, 0.3) is 16.4 Å². The quantitative estimate of drug-likeness (QED) is 0.255. The Morgan fingerprint density at radius 2 is 1.57 bits per heavy atom. The van der Waals surface area contributed by atoms with E-state index in [1.165, 1.54) is 60.8 Å². The van der Waals surface area contributed by atoms with Crippen LogP contribution >= 0.6 is 0 Å². The molecule has 0 spiro atoms. The Morgan fingerprint density at radius 3 is 2.06 bits per heavy atom. The van der Waals surface area contributed by atoms with Crippen LogP contribution in [0, 0.1) is 0 Å². The van der Waals surface area contributed by atoms with Crippen LogP contribution in [-0.2, 0) is 19.6 Å². The third kappa shape index (κ3) is 9.04. The largest absolute Gasteiger partial charge is 0.413 e. The van der Waals surface area contributed by atoms with Crippen LogP contribution in [0.4, 0.5) is 26.3 Å². The summed E-state index contributed by atoms with van der Waals surface area (Å²) < 4.78 is 113. The van der Waals surface area contributed by atoms with E-state index in [0.29, 0.717) is 16.0 Å². The number of benzene rings is 2. The number of ketones is 1. The first kappa shape index (κ1) is 38.0. The Balaban J connectivity index is 1.73. The van der Waals surface area contributed by atoms with E-state index in [9.17, 15) is 36.3 Å². The van der Waals surface area contributed by atoms with Gasteiger partial charge >= 0.3 is 6.18 Å². The highest BCUT2D eigenvalue weighted by atomic mass is 32.2. The molecule has 4 atom stereocenters. The third-order valence-electron chi connectivity index (χ3n) is 8.08. The van der Waals surface area contributed by atoms with Gasteiger partial charge in [-0.1, -0.05) is 54.6 Å². The number of hydrogen-bond donors (Lipinski definition) is 2. The van der Waals surface area contributed by atoms with Gasteiger partial charge in [-0.15, -0.1) is 0 Å². The first-order valence-corrected chi connectivity index (χ1v) is 16.7. The SMILES string of the molecule is CC(C)(F)C[C@H](N)C(=O)N(C1CCCN(S(=O)(=O)c2ccccn2)CC1=O)[C@@H](c1ccc(-c2ccc(C(O)C(F)F)cc2)cc1)C(F)(F)F. The lowest BCUT2D eigenvalue weighted by molar-refractivity contribution is -0.199. The summed E-state index contributed by atoms with van der Waals surface area (Å²) in [7, 11) is -4.32. The van der Waals surface area contributed by atoms with Gasteiger partial charge in [-0.25, -0.2) is 26.6 Å². The van der Waals surface area contributed by atoms with Gasteiger partial charge in [-0.3, -0.25) is 9.59 Å². The summed E-state index contributed by atoms with van der Waals surface area (Å²) in [4.78, 5) is 31.7. The summed E-state index contributed by atoms with van der Waals surface area (Å²) in [6.07, 6.45) is -10.1. The van der Waals surface area contributed by atoms with E-state index >= 15 is 13.2 Å². The zero-order chi connectivity index (χ0) is 36.3. The molecule has 266 valence electrons. The Morgan fingerprint density at radius 1 is 1.00 bits per heavy atom. The van der Waals surface area contributed by atoms with Gasteiger partial charge in [-0.2, -0.15) is 17.5 Å². The number of aliphatic hydroxyl groups excluding tert-OH is 1. The molecule has 3 N–H and O–H groups in total. The molecule has 0 bridgehead atoms. The number of aliphatic hydroxyl groups is 1. The predicted molar refractivity (Wildman–Crippen MR) is 167 cm³/mol. The van der Waals surface area contributed by atoms with Crippen LogP contribution in [-0.4, -0.2) is 82.8 Å². The van der Waals surface area contributed by atoms with Gasteiger partial charge < -0.3 is 15.7 Å². The third-order valence-corrected chi connectivity index (χ3v) is 9.84. The molecule has 49 heavy (non-hydrogen) atoms. The number of rotatable bonds is 11. The number of hydrogen-bond acceptors (Lipinski definition) is 7. The molecule has 1 amide bonds. The molecule has 2 aromatic carbocycles. The predicted octanol–water partition coefficient (Wildman–Crippen LogP) is 5.37. The molecule has 1 aliphatic rings. The molecule has 0 saturated carbocycles. The lowest BCUT2D eigenvalue weighted by Crippen LogP contribution is -2.57. The van der Waals surface area contributed by atoms with E-state index in [1.807, 2.05) is 0 Å². The molecule has 2 heterocycles. The number of pyridine rings is 1. The summed E-state index contributed by atoms with van der Waals surface area (Å²) in [5, 5.41) is 9.24. The molecular weight excluding hydrogens is 678 g/mol. The average molecular weight is 715 g/mol. The van der Waals surface area contributed by atoms with Crippen LogP contribution in [0.3, 0.4) is 0 Å². The molecule has 3 aromatic rings. The molecule has 1 aliphatic heterocycles. The number of Topliss-reactive ketones (excluding diaryl/α,β-unsaturated/α-hetero) is 1. The zero-order valence-corrected chi connectivity index (χ0v) is 27.3. The van der Waals surface area contributed by atoms with Crippen molar-refractivity contribution in [2.75, 3.05) is 13.1 Å². The highest BCUT2D eigenvalue weighted by Crippen LogP contribution is 2.41. The fourth-order valence-corrected chi connectivity index (χ4v) is 7.13. The summed E-state index contributed by atoms with van der Waals surface area (Å²) in [5.41, 5.74) is 4.21. The van der Waals surface area contributed by atoms with Crippen molar-refractivity contribution in [1.29, 1.82) is 0 Å². The summed E-state index contributed by atoms with van der Waals surface area (Å²) in [6, 6.07) is 7.90. The molecule has 1 saturated heterocycles. The van der Waals surface area contributed by atoms with Gasteiger partial charge in [0.05, 0.1) is 18.6 Å². The average Bonchev–Trinajstić information content (AvgIpc) is 3.23. The van der Waals surface area contributed by atoms with Crippen LogP contribution in [0.1, 0.15) is 56.4 Å². The number of sulfonamides is 1. The van der Waals surface area contributed by atoms with Crippen molar-refractivity contribution >= 4 is 21.7 Å². The van der Waals surface area contributed by atoms with Crippen molar-refractivity contribution < 1.29 is 49.5 Å². The zero-order valence-electron chi connectivity index (χ0n) is 26.5. The highest BCUT2D eigenvalue weighted by Gasteiger charge is 2.52. The summed E-state index contributed by atoms with van der Waals surface area (Å²) >= 11 is 0. The number of aromatic nitrogens is 1. The molecule has 1 aromatic heterocycles. The van der Waals surface area contributed by atoms with Crippen molar-refractivity contribution in [2.24, 2.45) is 5.73 Å².